The summed E-state index contributed by atoms with van der Waals surface area (Å²) in [5, 5.41) is 18.7. The molecule has 0 spiro atoms. The number of pyridine rings is 11. The fourth-order valence-electron chi connectivity index (χ4n) is 17.2. The Kier molecular flexibility index (Phi) is 29.8. The Bertz CT molecular complexity index is 9210. The number of aryl methyl sites for hydroxylation is 14. The molecule has 0 saturated heterocycles. The van der Waals surface area contributed by atoms with Crippen molar-refractivity contribution in [3.63, 3.8) is 0 Å². The van der Waals surface area contributed by atoms with Crippen LogP contribution in [0.3, 0.4) is 0 Å². The van der Waals surface area contributed by atoms with Crippen LogP contribution in [0.2, 0.25) is 0 Å². The van der Waals surface area contributed by atoms with E-state index in [2.05, 4.69) is 79.7 Å². The summed E-state index contributed by atoms with van der Waals surface area (Å²) >= 11 is 0. The van der Waals surface area contributed by atoms with Crippen molar-refractivity contribution in [2.75, 3.05) is 13.7 Å². The number of halogens is 6. The lowest BCUT2D eigenvalue weighted by molar-refractivity contribution is 0.200. The van der Waals surface area contributed by atoms with Gasteiger partial charge in [0.05, 0.1) is 123 Å². The summed E-state index contributed by atoms with van der Waals surface area (Å²) in [5.74, 6) is -2.52. The average Bonchev–Trinajstić information content (AvgIpc) is 1.60. The Balaban J connectivity index is 0.000000137. The summed E-state index contributed by atoms with van der Waals surface area (Å²) in [4.78, 5) is 107. The molecule has 0 aliphatic rings. The van der Waals surface area contributed by atoms with Crippen molar-refractivity contribution in [1.82, 2.24) is 103 Å². The van der Waals surface area contributed by atoms with Crippen LogP contribution in [0.5, 0.6) is 0 Å². The maximum Gasteiger partial charge on any atom is 0.357 e. The molecule has 37 nitrogen and oxygen atoms in total. The Morgan fingerprint density at radius 1 is 0.377 bits per heavy atom. The molecule has 16 aromatic heterocycles. The smallest absolute Gasteiger partial charge is 0.357 e. The summed E-state index contributed by atoms with van der Waals surface area (Å²) in [6, 6.07) is 29.7. The van der Waals surface area contributed by atoms with E-state index < -0.39 is 90.0 Å². The van der Waals surface area contributed by atoms with Crippen LogP contribution in [0.4, 0.5) is 26.3 Å². The van der Waals surface area contributed by atoms with Gasteiger partial charge in [-0.1, -0.05) is 20.4 Å². The lowest BCUT2D eigenvalue weighted by Gasteiger charge is -2.14. The largest absolute Gasteiger partial charge is 0.384 e. The van der Waals surface area contributed by atoms with Crippen LogP contribution in [0.1, 0.15) is 128 Å². The fourth-order valence-corrected chi connectivity index (χ4v) is 20.3. The third-order valence-corrected chi connectivity index (χ3v) is 29.0. The predicted molar refractivity (Wildman–Crippen MR) is 540 cm³/mol. The molecule has 146 heavy (non-hydrogen) atoms. The number of rotatable bonds is 19. The minimum Gasteiger partial charge on any atom is -0.384 e. The maximum absolute atomic E-state index is 14.8. The van der Waals surface area contributed by atoms with Crippen LogP contribution in [0.15, 0.2) is 155 Å². The first kappa shape index (κ1) is 106. The molecule has 0 bridgehead atoms. The fraction of sp³-hybridized carbons (Fsp3) is 0.245. The highest BCUT2D eigenvalue weighted by Crippen LogP contribution is 2.40. The van der Waals surface area contributed by atoms with Crippen LogP contribution in [0, 0.1) is 125 Å². The number of imidazole rings is 5. The Hall–Kier alpha value is -14.3. The highest BCUT2D eigenvalue weighted by molar-refractivity contribution is 7.89. The maximum atomic E-state index is 14.8. The number of primary sulfonamides is 3. The van der Waals surface area contributed by atoms with Crippen molar-refractivity contribution in [1.29, 1.82) is 0 Å². The van der Waals surface area contributed by atoms with Gasteiger partial charge in [-0.3, -0.25) is 14.1 Å². The topological polar surface area (TPSA) is 536 Å². The lowest BCUT2D eigenvalue weighted by Crippen LogP contribution is -2.16. The third-order valence-electron chi connectivity index (χ3n) is 24.2. The summed E-state index contributed by atoms with van der Waals surface area (Å²) in [5.41, 5.74) is 19.6. The zero-order valence-corrected chi connectivity index (χ0v) is 84.6. The van der Waals surface area contributed by atoms with Crippen molar-refractivity contribution in [3.8, 4) is 0 Å². The first-order valence-electron chi connectivity index (χ1n) is 44.5. The van der Waals surface area contributed by atoms with E-state index in [-0.39, 0.29) is 60.2 Å². The molecular formula is C98H98F6N24O13P2S3. The molecule has 0 aliphatic heterocycles. The highest BCUT2D eigenvalue weighted by atomic mass is 32.2. The molecule has 0 fully saturated rings. The zero-order chi connectivity index (χ0) is 105. The first-order chi connectivity index (χ1) is 68.2. The number of nitrogens with zero attached hydrogens (tertiary/aromatic N) is 21. The van der Waals surface area contributed by atoms with Gasteiger partial charge in [0.25, 0.3) is 0 Å². The van der Waals surface area contributed by atoms with Gasteiger partial charge in [-0.25, -0.2) is 142 Å². The van der Waals surface area contributed by atoms with Gasteiger partial charge >= 0.3 is 15.2 Å². The SMILES string of the molecule is C.CCc1nc2c(C)nc3nc(C)ccc3c2n1Cc1cc(F)c(S(N)(=O)=O)cc1F.COCCc1nc2c(C)nc3nc(C)ccc3c2n1Cc1cc(F)c(S(N)(=O)=O)cc1F.Cc1ccc2c(n1)nc(C)c1nc(C)n(Cc3cc(C)c(P(=O)(O)O)cc3F)c12.Cc1ccc2c(n1)nc(C)c1nc(C)n(Cc3ccc(P(=O)(O)O)cn3)c12.Cc1ccc2c(ncc3ncn(Cc4c(C)cc(S(N)(=O)=O)cc4F)c32)n1. The number of sulfonamides is 3. The van der Waals surface area contributed by atoms with Crippen molar-refractivity contribution in [3.05, 3.63) is 289 Å². The highest BCUT2D eigenvalue weighted by Gasteiger charge is 2.30. The van der Waals surface area contributed by atoms with E-state index in [1.807, 2.05) is 153 Å². The van der Waals surface area contributed by atoms with Gasteiger partial charge in [0.15, 0.2) is 28.2 Å². The summed E-state index contributed by atoms with van der Waals surface area (Å²) in [6.45, 7) is 26.7. The molecule has 0 amide bonds. The monoisotopic (exact) mass is 2090 g/mol. The third kappa shape index (κ3) is 21.7. The summed E-state index contributed by atoms with van der Waals surface area (Å²) < 4.78 is 194. The van der Waals surface area contributed by atoms with E-state index in [1.54, 1.807) is 53.2 Å². The molecule has 0 saturated carbocycles. The Morgan fingerprint density at radius 3 is 1.18 bits per heavy atom. The number of ether oxygens (including phenoxy) is 1. The molecular weight excluding hydrogens is 1990 g/mol. The second-order valence-corrected chi connectivity index (χ2v) is 42.6. The van der Waals surface area contributed by atoms with E-state index >= 15 is 0 Å². The quantitative estimate of drug-likeness (QED) is 0.0292. The molecule has 0 unspecified atom stereocenters. The molecule has 48 heteroatoms. The molecule has 10 N–H and O–H groups in total. The first-order valence-corrected chi connectivity index (χ1v) is 52.3. The van der Waals surface area contributed by atoms with E-state index in [1.165, 1.54) is 24.4 Å². The Labute approximate surface area is 831 Å². The Morgan fingerprint density at radius 2 is 0.774 bits per heavy atom. The van der Waals surface area contributed by atoms with E-state index in [9.17, 15) is 80.3 Å². The van der Waals surface area contributed by atoms with Gasteiger partial charge in [0.1, 0.15) is 95.6 Å². The van der Waals surface area contributed by atoms with Gasteiger partial charge in [0.2, 0.25) is 30.1 Å². The minimum atomic E-state index is -4.54. The molecule has 20 rings (SSSR count). The van der Waals surface area contributed by atoms with E-state index in [0.717, 1.165) is 130 Å². The number of hydrogen-bond donors (Lipinski definition) is 7. The molecule has 0 radical (unpaired) electrons. The van der Waals surface area contributed by atoms with Crippen molar-refractivity contribution in [2.24, 2.45) is 15.4 Å². The van der Waals surface area contributed by atoms with E-state index in [0.29, 0.717) is 145 Å². The second kappa shape index (κ2) is 41.0. The summed E-state index contributed by atoms with van der Waals surface area (Å²) in [6.07, 6.45) is 5.44. The normalized spacial score (nSPS) is 12.1. The van der Waals surface area contributed by atoms with Gasteiger partial charge in [-0.05, 0) is 216 Å². The van der Waals surface area contributed by atoms with Crippen LogP contribution in [0.25, 0.3) is 110 Å². The molecule has 0 aliphatic carbocycles. The number of benzene rings is 4. The molecule has 4 aromatic carbocycles. The molecule has 20 aromatic rings. The predicted octanol–water partition coefficient (Wildman–Crippen LogP) is 14.3. The zero-order valence-electron chi connectivity index (χ0n) is 80.4. The average molecular weight is 2090 g/mol. The molecule has 16 heterocycles. The molecule has 758 valence electrons. The van der Waals surface area contributed by atoms with Crippen LogP contribution >= 0.6 is 15.2 Å². The van der Waals surface area contributed by atoms with Crippen molar-refractivity contribution < 1.29 is 85.0 Å². The van der Waals surface area contributed by atoms with Gasteiger partial charge < -0.3 is 47.1 Å². The number of methoxy groups -OCH3 is 1. The number of aromatic nitrogens is 21. The van der Waals surface area contributed by atoms with Crippen LogP contribution in [-0.4, -0.2) is 161 Å². The number of hydrogen-bond acceptors (Lipinski definition) is 25. The summed E-state index contributed by atoms with van der Waals surface area (Å²) in [7, 11) is -20.0. The minimum absolute atomic E-state index is 0. The van der Waals surface area contributed by atoms with Crippen molar-refractivity contribution >= 4 is 166 Å². The van der Waals surface area contributed by atoms with Gasteiger partial charge in [-0.15, -0.1) is 0 Å². The molecule has 0 atom stereocenters. The van der Waals surface area contributed by atoms with Crippen LogP contribution < -0.4 is 26.0 Å². The lowest BCUT2D eigenvalue weighted by atomic mass is 10.1. The number of fused-ring (bicyclic) bond motifs is 15. The van der Waals surface area contributed by atoms with E-state index in [4.69, 9.17) is 20.2 Å². The standard InChI is InChI=1S/C21H21F2N5O3S.C20H19F2N5O2S.C20H20FN4O3P.C18H16FN5O2S.C18H18N5O3P.CH4/c1-11-4-5-14-20-19(12(2)26-21(14)25-11)27-18(6-7-31-3)28(20)10-13-8-16(23)17(9-15(13)22)32(24,29)30;1-4-17-26-18-11(3)25-20-13(6-5-10(2)24-20)19(18)27(17)9-12-7-15(22)16(8-14(12)21)30(23,28)29;1-10-7-14(16(21)8-17(10)29(26,27)28)9-25-13(4)24-18-12(3)23-20-15(19(18)25)6-5-11(2)22-20;1-10-5-12(27(20,25)26)6-15(19)14(10)8-24-9-22-16-7-21-18-13(17(16)24)4-3-11(2)23-18;1-10-4-7-15-17-16(11(2)21-18(15)20-10)22-12(3)23(17)9-13-5-6-14(8-19-13)27(24,25)26;/h4-5,8-9H,6-7,10H2,1-3H3,(H2,24,29,30);5-8H,4,9H2,1-3H3,(H2,23,28,29);5-8H,9H2,1-4H3,(H2,26,27,28);3-7,9H,8H2,1-2H3,(H2,20,25,26);4-8H,9H2,1-3H3,(H2,24,25,26);1H4. The van der Waals surface area contributed by atoms with Crippen LogP contribution in [-0.2, 0) is 89.5 Å². The van der Waals surface area contributed by atoms with Gasteiger partial charge in [0, 0.05) is 104 Å². The second-order valence-electron chi connectivity index (χ2n) is 34.8. The number of nitrogens with two attached hydrogens (primary N) is 3. The van der Waals surface area contributed by atoms with Gasteiger partial charge in [-0.2, -0.15) is 0 Å². The van der Waals surface area contributed by atoms with Crippen molar-refractivity contribution in [2.45, 2.75) is 165 Å².